The Morgan fingerprint density at radius 1 is 1.38 bits per heavy atom. The van der Waals surface area contributed by atoms with Gasteiger partial charge in [0.1, 0.15) is 5.41 Å². The quantitative estimate of drug-likeness (QED) is 0.678. The van der Waals surface area contributed by atoms with E-state index in [-0.39, 0.29) is 23.3 Å². The summed E-state index contributed by atoms with van der Waals surface area (Å²) in [5.41, 5.74) is 1.66. The summed E-state index contributed by atoms with van der Waals surface area (Å²) >= 11 is 13.9. The minimum Gasteiger partial charge on any atom is -0.372 e. The molecule has 4 aliphatic rings. The molecule has 3 heterocycles. The van der Waals surface area contributed by atoms with Crippen molar-refractivity contribution < 1.29 is 9.53 Å². The first-order valence-corrected chi connectivity index (χ1v) is 11.2. The lowest BCUT2D eigenvalue weighted by atomic mass is 9.71. The molecule has 29 heavy (non-hydrogen) atoms. The molecule has 3 aliphatic heterocycles. The lowest BCUT2D eigenvalue weighted by molar-refractivity contribution is -0.146. The van der Waals surface area contributed by atoms with E-state index in [1.807, 2.05) is 12.1 Å². The summed E-state index contributed by atoms with van der Waals surface area (Å²) in [4.78, 5) is 20.5. The van der Waals surface area contributed by atoms with Gasteiger partial charge in [-0.2, -0.15) is 0 Å². The fraction of sp³-hybridized carbons (Fsp3) is 0.429. The highest BCUT2D eigenvalue weighted by atomic mass is 35.5. The van der Waals surface area contributed by atoms with E-state index < -0.39 is 5.41 Å². The Bertz CT molecular complexity index is 990. The molecule has 0 aromatic heterocycles. The van der Waals surface area contributed by atoms with E-state index in [2.05, 4.69) is 24.0 Å². The molecule has 152 valence electrons. The number of nitrogens with one attached hydrogen (secondary N) is 1. The van der Waals surface area contributed by atoms with Crippen LogP contribution in [0.1, 0.15) is 19.4 Å². The third kappa shape index (κ3) is 2.70. The van der Waals surface area contributed by atoms with Gasteiger partial charge in [0.05, 0.1) is 31.3 Å². The first kappa shape index (κ1) is 19.6. The fourth-order valence-electron chi connectivity index (χ4n) is 5.22. The van der Waals surface area contributed by atoms with Crippen LogP contribution in [-0.2, 0) is 16.1 Å². The summed E-state index contributed by atoms with van der Waals surface area (Å²) in [6.07, 6.45) is 3.31. The monoisotopic (exact) mass is 449 g/mol. The minimum absolute atomic E-state index is 0.00112. The number of hydrogen-bond donors (Lipinski definition) is 1. The number of rotatable bonds is 2. The number of benzene rings is 1. The summed E-state index contributed by atoms with van der Waals surface area (Å²) in [5, 5.41) is 3.19. The van der Waals surface area contributed by atoms with Crippen molar-refractivity contribution in [1.82, 2.24) is 9.62 Å². The van der Waals surface area contributed by atoms with Crippen molar-refractivity contribution in [2.75, 3.05) is 13.2 Å². The van der Waals surface area contributed by atoms with Crippen LogP contribution in [0.5, 0.6) is 0 Å². The lowest BCUT2D eigenvalue weighted by Gasteiger charge is -2.45. The molecule has 1 N–H and O–H groups in total. The number of nitrogens with zero attached hydrogens (tertiary/aromatic N) is 2. The molecule has 3 atom stereocenters. The molecule has 3 unspecified atom stereocenters. The zero-order valence-electron chi connectivity index (χ0n) is 16.1. The van der Waals surface area contributed by atoms with Gasteiger partial charge in [0.2, 0.25) is 5.91 Å². The predicted molar refractivity (Wildman–Crippen MR) is 117 cm³/mol. The predicted octanol–water partition coefficient (Wildman–Crippen LogP) is 4.42. The van der Waals surface area contributed by atoms with E-state index >= 15 is 0 Å². The second kappa shape index (κ2) is 6.86. The second-order valence-corrected chi connectivity index (χ2v) is 10.0. The van der Waals surface area contributed by atoms with Crippen molar-refractivity contribution in [3.8, 4) is 0 Å². The molecule has 5 nitrogen and oxygen atoms in total. The Kier molecular flexibility index (Phi) is 4.64. The van der Waals surface area contributed by atoms with E-state index in [0.717, 1.165) is 23.4 Å². The van der Waals surface area contributed by atoms with Crippen molar-refractivity contribution in [3.05, 3.63) is 56.6 Å². The van der Waals surface area contributed by atoms with Gasteiger partial charge in [0, 0.05) is 27.9 Å². The topological polar surface area (TPSA) is 53.9 Å². The molecule has 1 aliphatic carbocycles. The van der Waals surface area contributed by atoms with E-state index in [4.69, 9.17) is 32.9 Å². The molecule has 0 radical (unpaired) electrons. The van der Waals surface area contributed by atoms with Gasteiger partial charge in [-0.25, -0.2) is 4.99 Å². The van der Waals surface area contributed by atoms with Gasteiger partial charge in [0.15, 0.2) is 0 Å². The van der Waals surface area contributed by atoms with Gasteiger partial charge in [-0.3, -0.25) is 14.4 Å². The van der Waals surface area contributed by atoms with Crippen LogP contribution < -0.4 is 4.72 Å². The first-order chi connectivity index (χ1) is 13.9. The van der Waals surface area contributed by atoms with Crippen LogP contribution in [0.2, 0.25) is 10.0 Å². The molecule has 1 amide bonds. The molecule has 1 saturated carbocycles. The van der Waals surface area contributed by atoms with Crippen molar-refractivity contribution >= 4 is 47.4 Å². The molecule has 1 spiro atoms. The third-order valence-electron chi connectivity index (χ3n) is 6.59. The maximum absolute atomic E-state index is 14.1. The number of hydrogen-bond acceptors (Lipinski definition) is 5. The number of carbonyl (C=O) groups excluding carboxylic acids is 1. The highest BCUT2D eigenvalue weighted by Crippen LogP contribution is 2.64. The number of ether oxygens (including phenoxy) is 1. The van der Waals surface area contributed by atoms with Crippen molar-refractivity contribution in [1.29, 1.82) is 0 Å². The Balaban J connectivity index is 1.61. The van der Waals surface area contributed by atoms with Gasteiger partial charge in [-0.1, -0.05) is 55.1 Å². The average Bonchev–Trinajstić information content (AvgIpc) is 2.91. The molecule has 5 rings (SSSR count). The second-order valence-electron chi connectivity index (χ2n) is 8.44. The van der Waals surface area contributed by atoms with Gasteiger partial charge in [-0.05, 0) is 34.8 Å². The molecule has 1 aromatic rings. The van der Waals surface area contributed by atoms with Crippen LogP contribution in [0.3, 0.4) is 0 Å². The van der Waals surface area contributed by atoms with Crippen LogP contribution in [0.15, 0.2) is 45.9 Å². The zero-order valence-corrected chi connectivity index (χ0v) is 18.4. The standard InChI is InChI=1S/C21H21Cl2N3O2S/c1-20(2)14-8-25-29-10-15(14)21-17(5-6-28-18(20)21)24-11-26(19(21)27)9-12-3-4-13(22)7-16(12)23/h3-5,7,10-11,14,18,25H,6,8-9H2,1-2H3. The molecular formula is C21H21Cl2N3O2S. The van der Waals surface area contributed by atoms with Gasteiger partial charge >= 0.3 is 0 Å². The Labute approximate surface area is 184 Å². The van der Waals surface area contributed by atoms with Gasteiger partial charge < -0.3 is 4.74 Å². The zero-order chi connectivity index (χ0) is 20.4. The summed E-state index contributed by atoms with van der Waals surface area (Å²) in [7, 11) is 0. The average molecular weight is 450 g/mol. The Hall–Kier alpha value is -1.31. The van der Waals surface area contributed by atoms with Crippen LogP contribution in [0.4, 0.5) is 0 Å². The maximum atomic E-state index is 14.1. The van der Waals surface area contributed by atoms with E-state index in [1.165, 1.54) is 11.9 Å². The SMILES string of the molecule is CC1(C)C2CNSC=C2C23C(=O)N(Cc4ccc(Cl)cc4Cl)C=NC2=CCOC31. The Morgan fingerprint density at radius 2 is 2.21 bits per heavy atom. The van der Waals surface area contributed by atoms with E-state index in [1.54, 1.807) is 23.4 Å². The fourth-order valence-corrected chi connectivity index (χ4v) is 6.51. The molecule has 0 bridgehead atoms. The third-order valence-corrected chi connectivity index (χ3v) is 7.88. The molecule has 8 heteroatoms. The van der Waals surface area contributed by atoms with Crippen molar-refractivity contribution in [2.24, 2.45) is 21.7 Å². The maximum Gasteiger partial charge on any atom is 0.247 e. The van der Waals surface area contributed by atoms with Gasteiger partial charge in [-0.15, -0.1) is 0 Å². The summed E-state index contributed by atoms with van der Waals surface area (Å²) < 4.78 is 9.62. The van der Waals surface area contributed by atoms with Crippen LogP contribution >= 0.6 is 35.1 Å². The highest BCUT2D eigenvalue weighted by Gasteiger charge is 2.69. The number of amides is 1. The molecular weight excluding hydrogens is 429 g/mol. The summed E-state index contributed by atoms with van der Waals surface area (Å²) in [6.45, 7) is 6.00. The largest absolute Gasteiger partial charge is 0.372 e. The number of aliphatic imine (C=N–C) groups is 1. The van der Waals surface area contributed by atoms with Crippen molar-refractivity contribution in [2.45, 2.75) is 26.5 Å². The highest BCUT2D eigenvalue weighted by molar-refractivity contribution is 8.00. The minimum atomic E-state index is -0.880. The molecule has 1 aromatic carbocycles. The number of halogens is 2. The van der Waals surface area contributed by atoms with Crippen LogP contribution in [0.25, 0.3) is 0 Å². The number of carbonyl (C=O) groups is 1. The van der Waals surface area contributed by atoms with Gasteiger partial charge in [0.25, 0.3) is 0 Å². The normalized spacial score (nSPS) is 32.3. The molecule has 1 fully saturated rings. The molecule has 0 saturated heterocycles. The lowest BCUT2D eigenvalue weighted by Crippen LogP contribution is -2.56. The summed E-state index contributed by atoms with van der Waals surface area (Å²) in [6, 6.07) is 5.33. The number of fused-ring (bicyclic) bond motifs is 1. The van der Waals surface area contributed by atoms with Crippen LogP contribution in [0, 0.1) is 16.7 Å². The first-order valence-electron chi connectivity index (χ1n) is 9.57. The van der Waals surface area contributed by atoms with E-state index in [0.29, 0.717) is 23.2 Å². The summed E-state index contributed by atoms with van der Waals surface area (Å²) in [5.74, 6) is 0.201. The van der Waals surface area contributed by atoms with Crippen molar-refractivity contribution in [3.63, 3.8) is 0 Å². The Morgan fingerprint density at radius 3 is 3.00 bits per heavy atom. The van der Waals surface area contributed by atoms with Crippen LogP contribution in [-0.4, -0.2) is 36.4 Å². The van der Waals surface area contributed by atoms with E-state index in [9.17, 15) is 4.79 Å². The smallest absolute Gasteiger partial charge is 0.247 e.